The van der Waals surface area contributed by atoms with Crippen LogP contribution in [-0.4, -0.2) is 29.9 Å². The van der Waals surface area contributed by atoms with Crippen molar-refractivity contribution in [1.29, 1.82) is 5.26 Å². The molecule has 0 unspecified atom stereocenters. The number of carbonyl (C=O) groups is 2. The van der Waals surface area contributed by atoms with Gasteiger partial charge in [0.2, 0.25) is 5.91 Å². The number of rotatable bonds is 6. The van der Waals surface area contributed by atoms with Gasteiger partial charge in [-0.3, -0.25) is 4.79 Å². The number of benzene rings is 3. The molecule has 0 bridgehead atoms. The number of ether oxygens (including phenoxy) is 1. The monoisotopic (exact) mass is 454 g/mol. The van der Waals surface area contributed by atoms with Crippen LogP contribution in [0.15, 0.2) is 78.9 Å². The zero-order chi connectivity index (χ0) is 23.8. The Bertz CT molecular complexity index is 1180. The zero-order valence-electron chi connectivity index (χ0n) is 18.7. The fourth-order valence-electron chi connectivity index (χ4n) is 3.87. The van der Waals surface area contributed by atoms with Crippen LogP contribution in [0.1, 0.15) is 24.0 Å². The van der Waals surface area contributed by atoms with Gasteiger partial charge in [-0.15, -0.1) is 0 Å². The van der Waals surface area contributed by atoms with Crippen LogP contribution in [0.25, 0.3) is 0 Å². The number of hydrogen-bond donors (Lipinski definition) is 2. The summed E-state index contributed by atoms with van der Waals surface area (Å²) in [6, 6.07) is 25.8. The van der Waals surface area contributed by atoms with Crippen LogP contribution < -0.4 is 15.4 Å². The van der Waals surface area contributed by atoms with E-state index >= 15 is 0 Å². The number of anilines is 2. The molecule has 1 heterocycles. The summed E-state index contributed by atoms with van der Waals surface area (Å²) in [5.41, 5.74) is 2.91. The van der Waals surface area contributed by atoms with Gasteiger partial charge in [0.1, 0.15) is 12.4 Å². The standard InChI is InChI=1S/C27H26N4O3/c28-18-20-6-4-7-21(16-20)19-34-25-11-5-10-24(17-25)29-26(32)22-12-14-31(15-13-22)27(33)30-23-8-2-1-3-9-23/h1-11,16-17,22H,12-15,19H2,(H,29,32)(H,30,33). The van der Waals surface area contributed by atoms with Crippen LogP contribution in [0.2, 0.25) is 0 Å². The summed E-state index contributed by atoms with van der Waals surface area (Å²) in [6.45, 7) is 1.39. The van der Waals surface area contributed by atoms with Gasteiger partial charge in [-0.1, -0.05) is 36.4 Å². The fraction of sp³-hybridized carbons (Fsp3) is 0.222. The number of carbonyl (C=O) groups excluding carboxylic acids is 2. The molecule has 0 atom stereocenters. The average Bonchev–Trinajstić information content (AvgIpc) is 2.88. The molecule has 3 amide bonds. The van der Waals surface area contributed by atoms with E-state index in [0.29, 0.717) is 49.5 Å². The van der Waals surface area contributed by atoms with Gasteiger partial charge in [0.05, 0.1) is 11.6 Å². The molecule has 0 spiro atoms. The van der Waals surface area contributed by atoms with Crippen molar-refractivity contribution in [2.45, 2.75) is 19.4 Å². The van der Waals surface area contributed by atoms with E-state index in [-0.39, 0.29) is 17.9 Å². The van der Waals surface area contributed by atoms with Crippen molar-refractivity contribution in [3.8, 4) is 11.8 Å². The Morgan fingerprint density at radius 3 is 2.41 bits per heavy atom. The predicted molar refractivity (Wildman–Crippen MR) is 130 cm³/mol. The molecule has 1 fully saturated rings. The number of para-hydroxylation sites is 1. The van der Waals surface area contributed by atoms with Crippen LogP contribution in [0.4, 0.5) is 16.2 Å². The lowest BCUT2D eigenvalue weighted by molar-refractivity contribution is -0.121. The number of piperidine rings is 1. The Hall–Kier alpha value is -4.31. The maximum Gasteiger partial charge on any atom is 0.321 e. The summed E-state index contributed by atoms with van der Waals surface area (Å²) in [5.74, 6) is 0.425. The van der Waals surface area contributed by atoms with E-state index in [1.165, 1.54) is 0 Å². The molecular formula is C27H26N4O3. The first-order valence-corrected chi connectivity index (χ1v) is 11.2. The largest absolute Gasteiger partial charge is 0.489 e. The second-order valence-electron chi connectivity index (χ2n) is 8.18. The van der Waals surface area contributed by atoms with Crippen molar-refractivity contribution in [2.75, 3.05) is 23.7 Å². The van der Waals surface area contributed by atoms with Crippen molar-refractivity contribution in [3.05, 3.63) is 90.0 Å². The summed E-state index contributed by atoms with van der Waals surface area (Å²) in [4.78, 5) is 27.0. The highest BCUT2D eigenvalue weighted by Gasteiger charge is 2.27. The summed E-state index contributed by atoms with van der Waals surface area (Å²) >= 11 is 0. The summed E-state index contributed by atoms with van der Waals surface area (Å²) < 4.78 is 5.84. The number of urea groups is 1. The van der Waals surface area contributed by atoms with Gasteiger partial charge in [-0.2, -0.15) is 5.26 Å². The van der Waals surface area contributed by atoms with E-state index in [4.69, 9.17) is 10.00 Å². The topological polar surface area (TPSA) is 94.5 Å². The van der Waals surface area contributed by atoms with E-state index in [1.54, 1.807) is 23.1 Å². The molecule has 0 aliphatic carbocycles. The van der Waals surface area contributed by atoms with Gasteiger partial charge in [0, 0.05) is 36.4 Å². The lowest BCUT2D eigenvalue weighted by Gasteiger charge is -2.31. The van der Waals surface area contributed by atoms with Crippen molar-refractivity contribution in [3.63, 3.8) is 0 Å². The molecule has 7 heteroatoms. The van der Waals surface area contributed by atoms with Gasteiger partial charge in [0.25, 0.3) is 0 Å². The van der Waals surface area contributed by atoms with E-state index in [2.05, 4.69) is 16.7 Å². The number of amides is 3. The van der Waals surface area contributed by atoms with Crippen molar-refractivity contribution < 1.29 is 14.3 Å². The molecule has 0 radical (unpaired) electrons. The Morgan fingerprint density at radius 1 is 0.912 bits per heavy atom. The summed E-state index contributed by atoms with van der Waals surface area (Å²) in [7, 11) is 0. The Morgan fingerprint density at radius 2 is 1.65 bits per heavy atom. The quantitative estimate of drug-likeness (QED) is 0.547. The van der Waals surface area contributed by atoms with Gasteiger partial charge in [-0.25, -0.2) is 4.79 Å². The number of nitrogens with one attached hydrogen (secondary N) is 2. The van der Waals surface area contributed by atoms with Crippen LogP contribution in [-0.2, 0) is 11.4 Å². The third-order valence-electron chi connectivity index (χ3n) is 5.74. The molecule has 3 aromatic carbocycles. The highest BCUT2D eigenvalue weighted by atomic mass is 16.5. The number of nitriles is 1. The van der Waals surface area contributed by atoms with Gasteiger partial charge in [-0.05, 0) is 54.8 Å². The second-order valence-corrected chi connectivity index (χ2v) is 8.18. The van der Waals surface area contributed by atoms with E-state index < -0.39 is 0 Å². The van der Waals surface area contributed by atoms with E-state index in [1.807, 2.05) is 60.7 Å². The summed E-state index contributed by atoms with van der Waals surface area (Å²) in [5, 5.41) is 14.9. The first-order chi connectivity index (χ1) is 16.6. The predicted octanol–water partition coefficient (Wildman–Crippen LogP) is 5.02. The maximum absolute atomic E-state index is 12.8. The van der Waals surface area contributed by atoms with Crippen molar-refractivity contribution in [2.24, 2.45) is 5.92 Å². The van der Waals surface area contributed by atoms with Gasteiger partial charge in [0.15, 0.2) is 0 Å². The Labute approximate surface area is 199 Å². The van der Waals surface area contributed by atoms with Crippen molar-refractivity contribution in [1.82, 2.24) is 4.90 Å². The molecule has 1 saturated heterocycles. The lowest BCUT2D eigenvalue weighted by atomic mass is 9.96. The van der Waals surface area contributed by atoms with Gasteiger partial charge >= 0.3 is 6.03 Å². The molecule has 3 aromatic rings. The minimum Gasteiger partial charge on any atom is -0.489 e. The molecule has 7 nitrogen and oxygen atoms in total. The molecule has 172 valence electrons. The molecule has 4 rings (SSSR count). The molecule has 0 saturated carbocycles. The third kappa shape index (κ3) is 6.14. The Balaban J connectivity index is 1.26. The molecular weight excluding hydrogens is 428 g/mol. The number of likely N-dealkylation sites (tertiary alicyclic amines) is 1. The first kappa shape index (κ1) is 22.9. The Kier molecular flexibility index (Phi) is 7.41. The maximum atomic E-state index is 12.8. The third-order valence-corrected chi connectivity index (χ3v) is 5.74. The second kappa shape index (κ2) is 11.0. The van der Waals surface area contributed by atoms with Crippen LogP contribution in [0.5, 0.6) is 5.75 Å². The highest BCUT2D eigenvalue weighted by molar-refractivity contribution is 5.93. The SMILES string of the molecule is N#Cc1cccc(COc2cccc(NC(=O)C3CCN(C(=O)Nc4ccccc4)CC3)c2)c1. The fourth-order valence-corrected chi connectivity index (χ4v) is 3.87. The minimum atomic E-state index is -0.154. The first-order valence-electron chi connectivity index (χ1n) is 11.2. The van der Waals surface area contributed by atoms with E-state index in [0.717, 1.165) is 11.3 Å². The van der Waals surface area contributed by atoms with Crippen molar-refractivity contribution >= 4 is 23.3 Å². The normalized spacial score (nSPS) is 13.6. The molecule has 1 aliphatic heterocycles. The molecule has 1 aliphatic rings. The molecule has 2 N–H and O–H groups in total. The zero-order valence-corrected chi connectivity index (χ0v) is 18.7. The summed E-state index contributed by atoms with van der Waals surface area (Å²) in [6.07, 6.45) is 1.22. The molecule has 34 heavy (non-hydrogen) atoms. The van der Waals surface area contributed by atoms with Crippen LogP contribution in [0.3, 0.4) is 0 Å². The highest BCUT2D eigenvalue weighted by Crippen LogP contribution is 2.23. The lowest BCUT2D eigenvalue weighted by Crippen LogP contribution is -2.43. The number of hydrogen-bond acceptors (Lipinski definition) is 4. The van der Waals surface area contributed by atoms with E-state index in [9.17, 15) is 9.59 Å². The molecule has 0 aromatic heterocycles. The van der Waals surface area contributed by atoms with Crippen LogP contribution in [0, 0.1) is 17.2 Å². The average molecular weight is 455 g/mol. The number of nitrogens with zero attached hydrogens (tertiary/aromatic N) is 2. The van der Waals surface area contributed by atoms with Gasteiger partial charge < -0.3 is 20.3 Å². The van der Waals surface area contributed by atoms with Crippen LogP contribution >= 0.6 is 0 Å². The smallest absolute Gasteiger partial charge is 0.321 e. The minimum absolute atomic E-state index is 0.0537.